The highest BCUT2D eigenvalue weighted by Crippen LogP contribution is 2.30. The minimum absolute atomic E-state index is 0.728. The molecule has 2 nitrogen and oxygen atoms in total. The summed E-state index contributed by atoms with van der Waals surface area (Å²) in [5.41, 5.74) is 8.55. The summed E-state index contributed by atoms with van der Waals surface area (Å²) in [6.45, 7) is 4.13. The first kappa shape index (κ1) is 13.4. The van der Waals surface area contributed by atoms with Gasteiger partial charge in [-0.3, -0.25) is 0 Å². The Kier molecular flexibility index (Phi) is 4.65. The molecule has 2 heteroatoms. The minimum atomic E-state index is 0.728. The fourth-order valence-electron chi connectivity index (χ4n) is 3.09. The van der Waals surface area contributed by atoms with Gasteiger partial charge in [-0.2, -0.15) is 0 Å². The number of hydrogen-bond donors (Lipinski definition) is 1. The van der Waals surface area contributed by atoms with Crippen LogP contribution in [0.4, 0.5) is 5.69 Å². The van der Waals surface area contributed by atoms with Crippen molar-refractivity contribution < 1.29 is 0 Å². The van der Waals surface area contributed by atoms with Crippen LogP contribution in [-0.4, -0.2) is 20.1 Å². The third-order valence-corrected chi connectivity index (χ3v) is 4.35. The molecule has 1 saturated carbocycles. The molecule has 2 N–H and O–H groups in total. The van der Waals surface area contributed by atoms with Crippen molar-refractivity contribution in [3.63, 3.8) is 0 Å². The van der Waals surface area contributed by atoms with E-state index >= 15 is 0 Å². The van der Waals surface area contributed by atoms with Crippen molar-refractivity contribution in [1.82, 2.24) is 0 Å². The smallest absolute Gasteiger partial charge is 0.0363 e. The van der Waals surface area contributed by atoms with Gasteiger partial charge in [-0.1, -0.05) is 30.5 Å². The van der Waals surface area contributed by atoms with Crippen LogP contribution in [-0.2, 0) is 0 Å². The topological polar surface area (TPSA) is 29.3 Å². The van der Waals surface area contributed by atoms with Crippen LogP contribution in [0.25, 0.3) is 0 Å². The molecule has 100 valence electrons. The summed E-state index contributed by atoms with van der Waals surface area (Å²) in [6, 6.07) is 8.81. The number of nitrogens with two attached hydrogens (primary N) is 1. The summed E-state index contributed by atoms with van der Waals surface area (Å²) in [4.78, 5) is 2.39. The summed E-state index contributed by atoms with van der Waals surface area (Å²) in [6.07, 6.45) is 5.41. The Morgan fingerprint density at radius 2 is 1.72 bits per heavy atom. The number of hydrogen-bond acceptors (Lipinski definition) is 2. The van der Waals surface area contributed by atoms with Gasteiger partial charge in [0.25, 0.3) is 0 Å². The first-order valence-corrected chi connectivity index (χ1v) is 7.18. The molecule has 1 aromatic rings. The zero-order valence-corrected chi connectivity index (χ0v) is 11.7. The quantitative estimate of drug-likeness (QED) is 0.884. The number of benzene rings is 1. The third-order valence-electron chi connectivity index (χ3n) is 4.35. The average Bonchev–Trinajstić information content (AvgIpc) is 2.40. The van der Waals surface area contributed by atoms with Crippen LogP contribution in [0.3, 0.4) is 0 Å². The second-order valence-electron chi connectivity index (χ2n) is 5.76. The molecule has 0 bridgehead atoms. The fourth-order valence-corrected chi connectivity index (χ4v) is 3.09. The van der Waals surface area contributed by atoms with Crippen LogP contribution >= 0.6 is 0 Å². The highest BCUT2D eigenvalue weighted by Gasteiger charge is 2.24. The van der Waals surface area contributed by atoms with E-state index in [1.54, 1.807) is 0 Å². The molecule has 0 heterocycles. The number of nitrogens with zero attached hydrogens (tertiary/aromatic N) is 1. The highest BCUT2D eigenvalue weighted by atomic mass is 15.1. The van der Waals surface area contributed by atoms with E-state index in [0.717, 1.165) is 24.9 Å². The van der Waals surface area contributed by atoms with Gasteiger partial charge < -0.3 is 10.6 Å². The van der Waals surface area contributed by atoms with E-state index in [-0.39, 0.29) is 0 Å². The average molecular weight is 246 g/mol. The number of anilines is 1. The lowest BCUT2D eigenvalue weighted by Gasteiger charge is -2.34. The van der Waals surface area contributed by atoms with Gasteiger partial charge in [-0.05, 0) is 50.3 Å². The first-order chi connectivity index (χ1) is 8.70. The Morgan fingerprint density at radius 3 is 2.33 bits per heavy atom. The van der Waals surface area contributed by atoms with E-state index in [1.807, 2.05) is 0 Å². The Labute approximate surface area is 111 Å². The van der Waals surface area contributed by atoms with Gasteiger partial charge in [0.2, 0.25) is 0 Å². The lowest BCUT2D eigenvalue weighted by atomic mass is 9.79. The van der Waals surface area contributed by atoms with E-state index in [2.05, 4.69) is 43.1 Å². The van der Waals surface area contributed by atoms with E-state index < -0.39 is 0 Å². The second-order valence-corrected chi connectivity index (χ2v) is 5.76. The summed E-state index contributed by atoms with van der Waals surface area (Å²) in [7, 11) is 2.20. The molecule has 0 radical (unpaired) electrons. The standard InChI is InChI=1S/C16H26N2/c1-13-7-9-16(10-8-13)18(2)12-15-6-4-3-5-14(15)11-17/h7-10,14-15H,3-6,11-12,17H2,1-2H3. The lowest BCUT2D eigenvalue weighted by Crippen LogP contribution is -2.35. The molecule has 1 fully saturated rings. The Hall–Kier alpha value is -1.02. The molecule has 0 aliphatic heterocycles. The van der Waals surface area contributed by atoms with Gasteiger partial charge in [-0.25, -0.2) is 0 Å². The lowest BCUT2D eigenvalue weighted by molar-refractivity contribution is 0.248. The molecule has 2 atom stereocenters. The van der Waals surface area contributed by atoms with Crippen molar-refractivity contribution in [2.24, 2.45) is 17.6 Å². The predicted molar refractivity (Wildman–Crippen MR) is 79.0 cm³/mol. The number of rotatable bonds is 4. The predicted octanol–water partition coefficient (Wildman–Crippen LogP) is 3.20. The number of aryl methyl sites for hydroxylation is 1. The molecule has 2 rings (SSSR count). The van der Waals surface area contributed by atoms with Gasteiger partial charge in [0.15, 0.2) is 0 Å². The van der Waals surface area contributed by atoms with Crippen molar-refractivity contribution in [2.75, 3.05) is 25.0 Å². The summed E-state index contributed by atoms with van der Waals surface area (Å²) in [5, 5.41) is 0. The maximum Gasteiger partial charge on any atom is 0.0363 e. The third kappa shape index (κ3) is 3.26. The Morgan fingerprint density at radius 1 is 1.11 bits per heavy atom. The molecule has 2 unspecified atom stereocenters. The molecule has 0 aromatic heterocycles. The van der Waals surface area contributed by atoms with Crippen LogP contribution < -0.4 is 10.6 Å². The van der Waals surface area contributed by atoms with Crippen molar-refractivity contribution in [2.45, 2.75) is 32.6 Å². The largest absolute Gasteiger partial charge is 0.374 e. The molecular formula is C16H26N2. The zero-order chi connectivity index (χ0) is 13.0. The van der Waals surface area contributed by atoms with Gasteiger partial charge in [0.05, 0.1) is 0 Å². The van der Waals surface area contributed by atoms with Crippen LogP contribution in [0, 0.1) is 18.8 Å². The van der Waals surface area contributed by atoms with Crippen molar-refractivity contribution >= 4 is 5.69 Å². The van der Waals surface area contributed by atoms with Crippen molar-refractivity contribution in [3.05, 3.63) is 29.8 Å². The Bertz CT molecular complexity index is 358. The molecule has 0 saturated heterocycles. The SMILES string of the molecule is Cc1ccc(N(C)CC2CCCCC2CN)cc1. The zero-order valence-electron chi connectivity index (χ0n) is 11.7. The molecule has 1 aliphatic carbocycles. The first-order valence-electron chi connectivity index (χ1n) is 7.18. The van der Waals surface area contributed by atoms with Gasteiger partial charge in [-0.15, -0.1) is 0 Å². The van der Waals surface area contributed by atoms with Crippen LogP contribution in [0.5, 0.6) is 0 Å². The fraction of sp³-hybridized carbons (Fsp3) is 0.625. The maximum absolute atomic E-state index is 5.91. The molecule has 1 aliphatic rings. The van der Waals surface area contributed by atoms with Gasteiger partial charge in [0.1, 0.15) is 0 Å². The van der Waals surface area contributed by atoms with Crippen molar-refractivity contribution in [1.29, 1.82) is 0 Å². The monoisotopic (exact) mass is 246 g/mol. The molecular weight excluding hydrogens is 220 g/mol. The van der Waals surface area contributed by atoms with E-state index in [9.17, 15) is 0 Å². The second kappa shape index (κ2) is 6.24. The summed E-state index contributed by atoms with van der Waals surface area (Å²) < 4.78 is 0. The maximum atomic E-state index is 5.91. The van der Waals surface area contributed by atoms with Crippen LogP contribution in [0.1, 0.15) is 31.2 Å². The van der Waals surface area contributed by atoms with Gasteiger partial charge in [0, 0.05) is 19.3 Å². The summed E-state index contributed by atoms with van der Waals surface area (Å²) >= 11 is 0. The molecule has 1 aromatic carbocycles. The highest BCUT2D eigenvalue weighted by molar-refractivity contribution is 5.46. The van der Waals surface area contributed by atoms with Crippen LogP contribution in [0.15, 0.2) is 24.3 Å². The summed E-state index contributed by atoms with van der Waals surface area (Å²) in [5.74, 6) is 1.50. The van der Waals surface area contributed by atoms with Crippen molar-refractivity contribution in [3.8, 4) is 0 Å². The van der Waals surface area contributed by atoms with Crippen LogP contribution in [0.2, 0.25) is 0 Å². The normalized spacial score (nSPS) is 23.9. The van der Waals surface area contributed by atoms with Gasteiger partial charge >= 0.3 is 0 Å². The Balaban J connectivity index is 1.97. The molecule has 18 heavy (non-hydrogen) atoms. The molecule has 0 spiro atoms. The van der Waals surface area contributed by atoms with E-state index in [1.165, 1.54) is 36.9 Å². The minimum Gasteiger partial charge on any atom is -0.374 e. The van der Waals surface area contributed by atoms with E-state index in [0.29, 0.717) is 0 Å². The van der Waals surface area contributed by atoms with E-state index in [4.69, 9.17) is 5.73 Å². The molecule has 0 amide bonds.